The predicted octanol–water partition coefficient (Wildman–Crippen LogP) is 1.64. The largest absolute Gasteiger partial charge is 0.382 e. The highest BCUT2D eigenvalue weighted by Crippen LogP contribution is 2.30. The second-order valence-electron chi connectivity index (χ2n) is 2.96. The zero-order chi connectivity index (χ0) is 9.83. The molecule has 0 aromatic carbocycles. The summed E-state index contributed by atoms with van der Waals surface area (Å²) in [5, 5.41) is 19.8. The summed E-state index contributed by atoms with van der Waals surface area (Å²) < 4.78 is 0. The van der Waals surface area contributed by atoms with Gasteiger partial charge in [0.1, 0.15) is 11.2 Å². The van der Waals surface area contributed by atoms with Gasteiger partial charge in [0.2, 0.25) is 0 Å². The summed E-state index contributed by atoms with van der Waals surface area (Å²) in [6.45, 7) is 10.6. The molecule has 0 aliphatic carbocycles. The van der Waals surface area contributed by atoms with E-state index in [1.54, 1.807) is 13.8 Å². The van der Waals surface area contributed by atoms with E-state index in [-0.39, 0.29) is 0 Å². The van der Waals surface area contributed by atoms with Crippen molar-refractivity contribution in [2.75, 3.05) is 0 Å². The van der Waals surface area contributed by atoms with Crippen LogP contribution < -0.4 is 0 Å². The molecule has 0 saturated carbocycles. The lowest BCUT2D eigenvalue weighted by Gasteiger charge is -2.38. The number of hydrogen-bond donors (Lipinski definition) is 2. The van der Waals surface area contributed by atoms with E-state index in [2.05, 4.69) is 13.2 Å². The lowest BCUT2D eigenvalue weighted by molar-refractivity contribution is -0.0950. The molecule has 0 amide bonds. The van der Waals surface area contributed by atoms with E-state index in [9.17, 15) is 10.2 Å². The smallest absolute Gasteiger partial charge is 0.114 e. The SMILES string of the molecule is C=CC(O)(CC)C(O)(C=C)CC. The van der Waals surface area contributed by atoms with E-state index >= 15 is 0 Å². The van der Waals surface area contributed by atoms with Gasteiger partial charge in [0.15, 0.2) is 0 Å². The zero-order valence-electron chi connectivity index (χ0n) is 7.88. The van der Waals surface area contributed by atoms with Gasteiger partial charge in [0.05, 0.1) is 0 Å². The first kappa shape index (κ1) is 11.4. The van der Waals surface area contributed by atoms with Crippen molar-refractivity contribution in [3.05, 3.63) is 25.3 Å². The van der Waals surface area contributed by atoms with Crippen molar-refractivity contribution in [2.45, 2.75) is 37.9 Å². The van der Waals surface area contributed by atoms with Crippen LogP contribution in [-0.4, -0.2) is 21.4 Å². The first-order valence-corrected chi connectivity index (χ1v) is 4.21. The Morgan fingerprint density at radius 1 is 1.00 bits per heavy atom. The Bertz CT molecular complexity index is 157. The van der Waals surface area contributed by atoms with Gasteiger partial charge < -0.3 is 10.2 Å². The molecule has 0 fully saturated rings. The van der Waals surface area contributed by atoms with E-state index in [0.29, 0.717) is 12.8 Å². The standard InChI is InChI=1S/C10H18O2/c1-5-9(11,6-2)10(12,7-3)8-4/h5,7,11-12H,1,3,6,8H2,2,4H3. The average Bonchev–Trinajstić information content (AvgIpc) is 2.15. The van der Waals surface area contributed by atoms with Crippen molar-refractivity contribution in [2.24, 2.45) is 0 Å². The van der Waals surface area contributed by atoms with Gasteiger partial charge in [-0.05, 0) is 12.8 Å². The van der Waals surface area contributed by atoms with E-state index < -0.39 is 11.2 Å². The summed E-state index contributed by atoms with van der Waals surface area (Å²) in [6, 6.07) is 0. The minimum Gasteiger partial charge on any atom is -0.382 e. The fourth-order valence-corrected chi connectivity index (χ4v) is 1.25. The van der Waals surface area contributed by atoms with Gasteiger partial charge in [-0.25, -0.2) is 0 Å². The third-order valence-corrected chi connectivity index (χ3v) is 2.50. The molecule has 2 unspecified atom stereocenters. The van der Waals surface area contributed by atoms with Crippen molar-refractivity contribution >= 4 is 0 Å². The van der Waals surface area contributed by atoms with Gasteiger partial charge in [-0.2, -0.15) is 0 Å². The quantitative estimate of drug-likeness (QED) is 0.616. The van der Waals surface area contributed by atoms with Crippen molar-refractivity contribution in [1.82, 2.24) is 0 Å². The molecule has 0 aliphatic heterocycles. The Kier molecular flexibility index (Phi) is 3.68. The second kappa shape index (κ2) is 3.87. The van der Waals surface area contributed by atoms with E-state index in [4.69, 9.17) is 0 Å². The molecule has 0 rings (SSSR count). The zero-order valence-corrected chi connectivity index (χ0v) is 7.88. The van der Waals surface area contributed by atoms with Crippen LogP contribution in [0.3, 0.4) is 0 Å². The van der Waals surface area contributed by atoms with Gasteiger partial charge in [0.25, 0.3) is 0 Å². The normalized spacial score (nSPS) is 20.7. The predicted molar refractivity (Wildman–Crippen MR) is 50.9 cm³/mol. The Balaban J connectivity index is 4.90. The van der Waals surface area contributed by atoms with Crippen LogP contribution in [0, 0.1) is 0 Å². The molecule has 0 heterocycles. The Hall–Kier alpha value is -0.600. The van der Waals surface area contributed by atoms with Crippen molar-refractivity contribution in [3.63, 3.8) is 0 Å². The highest BCUT2D eigenvalue weighted by atomic mass is 16.4. The molecule has 0 aliphatic rings. The minimum atomic E-state index is -1.26. The topological polar surface area (TPSA) is 40.5 Å². The summed E-state index contributed by atoms with van der Waals surface area (Å²) >= 11 is 0. The van der Waals surface area contributed by atoms with E-state index in [0.717, 1.165) is 0 Å². The van der Waals surface area contributed by atoms with E-state index in [1.165, 1.54) is 12.2 Å². The molecule has 0 aromatic heterocycles. The Morgan fingerprint density at radius 3 is 1.33 bits per heavy atom. The molecule has 0 saturated heterocycles. The number of aliphatic hydroxyl groups is 2. The minimum absolute atomic E-state index is 0.423. The third-order valence-electron chi connectivity index (χ3n) is 2.50. The first-order chi connectivity index (χ1) is 5.49. The van der Waals surface area contributed by atoms with Crippen LogP contribution in [0.4, 0.5) is 0 Å². The van der Waals surface area contributed by atoms with Crippen LogP contribution >= 0.6 is 0 Å². The van der Waals surface area contributed by atoms with Gasteiger partial charge in [-0.15, -0.1) is 13.2 Å². The maximum Gasteiger partial charge on any atom is 0.114 e. The Labute approximate surface area is 74.2 Å². The number of rotatable bonds is 5. The summed E-state index contributed by atoms with van der Waals surface area (Å²) in [5.74, 6) is 0. The van der Waals surface area contributed by atoms with Crippen LogP contribution in [0.2, 0.25) is 0 Å². The highest BCUT2D eigenvalue weighted by molar-refractivity contribution is 5.16. The lowest BCUT2D eigenvalue weighted by Crippen LogP contribution is -2.50. The van der Waals surface area contributed by atoms with E-state index in [1.807, 2.05) is 0 Å². The van der Waals surface area contributed by atoms with Gasteiger partial charge in [0, 0.05) is 0 Å². The molecular formula is C10H18O2. The summed E-state index contributed by atoms with van der Waals surface area (Å²) in [6.07, 6.45) is 3.59. The molecule has 2 atom stereocenters. The molecule has 0 spiro atoms. The first-order valence-electron chi connectivity index (χ1n) is 4.21. The summed E-state index contributed by atoms with van der Waals surface area (Å²) in [7, 11) is 0. The molecule has 70 valence electrons. The summed E-state index contributed by atoms with van der Waals surface area (Å²) in [5.41, 5.74) is -2.52. The lowest BCUT2D eigenvalue weighted by atomic mass is 9.79. The monoisotopic (exact) mass is 170 g/mol. The fraction of sp³-hybridized carbons (Fsp3) is 0.600. The molecular weight excluding hydrogens is 152 g/mol. The van der Waals surface area contributed by atoms with Crippen LogP contribution in [0.1, 0.15) is 26.7 Å². The molecule has 0 aromatic rings. The molecule has 0 radical (unpaired) electrons. The van der Waals surface area contributed by atoms with Gasteiger partial charge in [-0.1, -0.05) is 26.0 Å². The highest BCUT2D eigenvalue weighted by Gasteiger charge is 2.41. The third kappa shape index (κ3) is 1.59. The maximum atomic E-state index is 9.91. The average molecular weight is 170 g/mol. The number of hydrogen-bond acceptors (Lipinski definition) is 2. The Morgan fingerprint density at radius 2 is 1.25 bits per heavy atom. The van der Waals surface area contributed by atoms with Gasteiger partial charge >= 0.3 is 0 Å². The van der Waals surface area contributed by atoms with Crippen LogP contribution in [-0.2, 0) is 0 Å². The maximum absolute atomic E-state index is 9.91. The molecule has 2 N–H and O–H groups in total. The van der Waals surface area contributed by atoms with Crippen molar-refractivity contribution in [1.29, 1.82) is 0 Å². The second-order valence-corrected chi connectivity index (χ2v) is 2.96. The summed E-state index contributed by atoms with van der Waals surface area (Å²) in [4.78, 5) is 0. The molecule has 2 heteroatoms. The van der Waals surface area contributed by atoms with Crippen LogP contribution in [0.5, 0.6) is 0 Å². The van der Waals surface area contributed by atoms with Crippen LogP contribution in [0.25, 0.3) is 0 Å². The van der Waals surface area contributed by atoms with Crippen molar-refractivity contribution in [3.8, 4) is 0 Å². The molecule has 0 bridgehead atoms. The van der Waals surface area contributed by atoms with Gasteiger partial charge in [-0.3, -0.25) is 0 Å². The fourth-order valence-electron chi connectivity index (χ4n) is 1.25. The van der Waals surface area contributed by atoms with Crippen molar-refractivity contribution < 1.29 is 10.2 Å². The molecule has 2 nitrogen and oxygen atoms in total. The van der Waals surface area contributed by atoms with Crippen LogP contribution in [0.15, 0.2) is 25.3 Å². The molecule has 12 heavy (non-hydrogen) atoms.